The lowest BCUT2D eigenvalue weighted by Gasteiger charge is -2.23. The van der Waals surface area contributed by atoms with Crippen molar-refractivity contribution in [1.82, 2.24) is 29.6 Å². The Morgan fingerprint density at radius 1 is 1.38 bits per heavy atom. The van der Waals surface area contributed by atoms with Crippen LogP contribution in [0.2, 0.25) is 5.02 Å². The van der Waals surface area contributed by atoms with Crippen molar-refractivity contribution in [1.29, 1.82) is 0 Å². The first-order valence-electron chi connectivity index (χ1n) is 8.10. The third kappa shape index (κ3) is 2.90. The lowest BCUT2D eigenvalue weighted by Crippen LogP contribution is -2.38. The maximum atomic E-state index is 9.37. The van der Waals surface area contributed by atoms with Crippen molar-refractivity contribution in [3.63, 3.8) is 0 Å². The van der Waals surface area contributed by atoms with E-state index in [-0.39, 0.29) is 6.61 Å². The van der Waals surface area contributed by atoms with Gasteiger partial charge in [0.05, 0.1) is 30.7 Å². The summed E-state index contributed by atoms with van der Waals surface area (Å²) in [5.74, 6) is 1.96. The van der Waals surface area contributed by atoms with Gasteiger partial charge in [-0.05, 0) is 24.6 Å². The summed E-state index contributed by atoms with van der Waals surface area (Å²) in [7, 11) is 0. The number of aryl methyl sites for hydroxylation is 1. The highest BCUT2D eigenvalue weighted by molar-refractivity contribution is 6.31. The Balaban J connectivity index is 1.53. The Morgan fingerprint density at radius 3 is 3.17 bits per heavy atom. The van der Waals surface area contributed by atoms with Crippen LogP contribution in [0.4, 0.5) is 0 Å². The quantitative estimate of drug-likeness (QED) is 0.729. The van der Waals surface area contributed by atoms with E-state index in [2.05, 4.69) is 20.4 Å². The molecule has 2 aromatic heterocycles. The van der Waals surface area contributed by atoms with E-state index >= 15 is 0 Å². The second kappa shape index (κ2) is 6.51. The van der Waals surface area contributed by atoms with Gasteiger partial charge < -0.3 is 15.0 Å². The lowest BCUT2D eigenvalue weighted by atomic mass is 10.1. The summed E-state index contributed by atoms with van der Waals surface area (Å²) in [6.45, 7) is 2.06. The molecular formula is C16H19ClN6O. The molecule has 1 aliphatic rings. The molecule has 0 fully saturated rings. The first-order chi connectivity index (χ1) is 11.7. The number of halogens is 1. The maximum Gasteiger partial charge on any atom is 0.138 e. The Labute approximate surface area is 144 Å². The second-order valence-corrected chi connectivity index (χ2v) is 6.45. The average molecular weight is 347 g/mol. The zero-order valence-electron chi connectivity index (χ0n) is 13.2. The summed E-state index contributed by atoms with van der Waals surface area (Å²) in [5, 5.41) is 17.8. The summed E-state index contributed by atoms with van der Waals surface area (Å²) in [5.41, 5.74) is 1.85. The fourth-order valence-corrected chi connectivity index (χ4v) is 3.44. The summed E-state index contributed by atoms with van der Waals surface area (Å²) in [6, 6.07) is 6.00. The minimum atomic E-state index is 0.0762. The van der Waals surface area contributed by atoms with E-state index in [1.807, 2.05) is 27.4 Å². The first-order valence-corrected chi connectivity index (χ1v) is 8.48. The highest BCUT2D eigenvalue weighted by Crippen LogP contribution is 2.21. The van der Waals surface area contributed by atoms with Gasteiger partial charge in [-0.1, -0.05) is 11.6 Å². The normalized spacial score (nSPS) is 17.3. The largest absolute Gasteiger partial charge is 0.395 e. The molecule has 0 unspecified atom stereocenters. The van der Waals surface area contributed by atoms with Crippen molar-refractivity contribution in [2.75, 3.05) is 6.61 Å². The minimum Gasteiger partial charge on any atom is -0.395 e. The molecule has 0 amide bonds. The molecule has 7 nitrogen and oxygen atoms in total. The number of nitrogens with one attached hydrogen (secondary N) is 1. The van der Waals surface area contributed by atoms with Gasteiger partial charge in [-0.3, -0.25) is 0 Å². The Bertz CT molecular complexity index is 857. The molecule has 24 heavy (non-hydrogen) atoms. The highest BCUT2D eigenvalue weighted by atomic mass is 35.5. The molecule has 1 aromatic carbocycles. The van der Waals surface area contributed by atoms with Crippen molar-refractivity contribution >= 4 is 22.6 Å². The molecule has 3 aromatic rings. The van der Waals surface area contributed by atoms with Gasteiger partial charge in [0.2, 0.25) is 0 Å². The average Bonchev–Trinajstić information content (AvgIpc) is 3.17. The Morgan fingerprint density at radius 2 is 2.29 bits per heavy atom. The van der Waals surface area contributed by atoms with Crippen LogP contribution in [0.25, 0.3) is 11.0 Å². The zero-order valence-corrected chi connectivity index (χ0v) is 13.9. The SMILES string of the molecule is OCCn1c(CN[C@H]2CCc3ncnn3C2)nc2cc(Cl)ccc21. The van der Waals surface area contributed by atoms with Gasteiger partial charge >= 0.3 is 0 Å². The number of rotatable bonds is 5. The van der Waals surface area contributed by atoms with Gasteiger partial charge in [0, 0.05) is 24.0 Å². The van der Waals surface area contributed by atoms with E-state index in [9.17, 15) is 5.11 Å². The molecule has 4 rings (SSSR count). The van der Waals surface area contributed by atoms with Crippen LogP contribution >= 0.6 is 11.6 Å². The number of fused-ring (bicyclic) bond motifs is 2. The molecule has 0 spiro atoms. The molecule has 0 saturated heterocycles. The lowest BCUT2D eigenvalue weighted by molar-refractivity contribution is 0.274. The topological polar surface area (TPSA) is 80.8 Å². The molecule has 0 aliphatic carbocycles. The van der Waals surface area contributed by atoms with Crippen LogP contribution in [-0.2, 0) is 26.1 Å². The molecule has 2 N–H and O–H groups in total. The third-order valence-corrected chi connectivity index (χ3v) is 4.70. The summed E-state index contributed by atoms with van der Waals surface area (Å²) >= 11 is 6.06. The van der Waals surface area contributed by atoms with Gasteiger partial charge in [-0.25, -0.2) is 14.6 Å². The number of aliphatic hydroxyl groups excluding tert-OH is 1. The molecule has 0 saturated carbocycles. The molecule has 8 heteroatoms. The van der Waals surface area contributed by atoms with Crippen molar-refractivity contribution in [3.8, 4) is 0 Å². The molecule has 1 aliphatic heterocycles. The van der Waals surface area contributed by atoms with Crippen molar-refractivity contribution in [3.05, 3.63) is 41.2 Å². The van der Waals surface area contributed by atoms with Crippen LogP contribution < -0.4 is 5.32 Å². The number of nitrogens with zero attached hydrogens (tertiary/aromatic N) is 5. The zero-order chi connectivity index (χ0) is 16.5. The van der Waals surface area contributed by atoms with Crippen molar-refractivity contribution in [2.24, 2.45) is 0 Å². The predicted octanol–water partition coefficient (Wildman–Crippen LogP) is 1.38. The van der Waals surface area contributed by atoms with E-state index < -0.39 is 0 Å². The van der Waals surface area contributed by atoms with Crippen LogP contribution in [0.15, 0.2) is 24.5 Å². The molecule has 0 bridgehead atoms. The number of hydrogen-bond donors (Lipinski definition) is 2. The van der Waals surface area contributed by atoms with Crippen LogP contribution in [0, 0.1) is 0 Å². The summed E-state index contributed by atoms with van der Waals surface area (Å²) in [4.78, 5) is 8.93. The third-order valence-electron chi connectivity index (χ3n) is 4.47. The van der Waals surface area contributed by atoms with Gasteiger partial charge in [0.15, 0.2) is 0 Å². The standard InChI is InChI=1S/C16H19ClN6O/c17-11-1-3-14-13(7-11)21-16(22(14)5-6-24)8-18-12-2-4-15-19-10-20-23(15)9-12/h1,3,7,10,12,18,24H,2,4-6,8-9H2/t12-/m0/s1. The van der Waals surface area contributed by atoms with Crippen LogP contribution in [0.1, 0.15) is 18.1 Å². The van der Waals surface area contributed by atoms with E-state index in [1.165, 1.54) is 0 Å². The second-order valence-electron chi connectivity index (χ2n) is 6.01. The smallest absolute Gasteiger partial charge is 0.138 e. The summed E-state index contributed by atoms with van der Waals surface area (Å²) in [6.07, 6.45) is 3.58. The maximum absolute atomic E-state index is 9.37. The molecule has 1 atom stereocenters. The number of aliphatic hydroxyl groups is 1. The minimum absolute atomic E-state index is 0.0762. The monoisotopic (exact) mass is 346 g/mol. The fourth-order valence-electron chi connectivity index (χ4n) is 3.28. The van der Waals surface area contributed by atoms with Crippen molar-refractivity contribution < 1.29 is 5.11 Å². The molecule has 126 valence electrons. The predicted molar refractivity (Wildman–Crippen MR) is 90.8 cm³/mol. The van der Waals surface area contributed by atoms with Gasteiger partial charge in [0.1, 0.15) is 18.0 Å². The van der Waals surface area contributed by atoms with Gasteiger partial charge in [0.25, 0.3) is 0 Å². The highest BCUT2D eigenvalue weighted by Gasteiger charge is 2.20. The van der Waals surface area contributed by atoms with Crippen LogP contribution in [-0.4, -0.2) is 42.1 Å². The van der Waals surface area contributed by atoms with E-state index in [1.54, 1.807) is 6.33 Å². The van der Waals surface area contributed by atoms with Crippen LogP contribution in [0.3, 0.4) is 0 Å². The van der Waals surface area contributed by atoms with Gasteiger partial charge in [-0.2, -0.15) is 5.10 Å². The summed E-state index contributed by atoms with van der Waals surface area (Å²) < 4.78 is 4.00. The van der Waals surface area contributed by atoms with E-state index in [0.717, 1.165) is 42.1 Å². The molecule has 3 heterocycles. The van der Waals surface area contributed by atoms with Gasteiger partial charge in [-0.15, -0.1) is 0 Å². The van der Waals surface area contributed by atoms with E-state index in [4.69, 9.17) is 11.6 Å². The Hall–Kier alpha value is -1.96. The number of benzene rings is 1. The Kier molecular flexibility index (Phi) is 4.22. The molecule has 0 radical (unpaired) electrons. The number of imidazole rings is 1. The molecular weight excluding hydrogens is 328 g/mol. The van der Waals surface area contributed by atoms with Crippen LogP contribution in [0.5, 0.6) is 0 Å². The first kappa shape index (κ1) is 15.6. The number of aromatic nitrogens is 5. The number of hydrogen-bond acceptors (Lipinski definition) is 5. The fraction of sp³-hybridized carbons (Fsp3) is 0.438. The van der Waals surface area contributed by atoms with Crippen molar-refractivity contribution in [2.45, 2.75) is 38.5 Å². The van der Waals surface area contributed by atoms with E-state index in [0.29, 0.717) is 24.2 Å².